The van der Waals surface area contributed by atoms with Gasteiger partial charge in [-0.2, -0.15) is 0 Å². The molecule has 1 heterocycles. The monoisotopic (exact) mass is 323 g/mol. The number of unbranched alkanes of at least 4 members (excludes halogenated alkanes) is 5. The Balaban J connectivity index is 1.90. The highest BCUT2D eigenvalue weighted by Crippen LogP contribution is 2.38. The van der Waals surface area contributed by atoms with Gasteiger partial charge in [-0.05, 0) is 37.7 Å². The minimum atomic E-state index is -0.176. The molecule has 22 heavy (non-hydrogen) atoms. The molecule has 0 atom stereocenters. The molecule has 0 saturated carbocycles. The lowest BCUT2D eigenvalue weighted by Crippen LogP contribution is -2.10. The Morgan fingerprint density at radius 1 is 1.14 bits per heavy atom. The maximum atomic E-state index is 12.1. The van der Waals surface area contributed by atoms with Crippen LogP contribution in [0.2, 0.25) is 0 Å². The first kappa shape index (κ1) is 17.3. The van der Waals surface area contributed by atoms with Crippen molar-refractivity contribution in [1.82, 2.24) is 0 Å². The van der Waals surface area contributed by atoms with Crippen LogP contribution in [0, 0.1) is 0 Å². The van der Waals surface area contributed by atoms with E-state index in [4.69, 9.17) is 4.74 Å². The molecule has 0 saturated heterocycles. The van der Waals surface area contributed by atoms with Gasteiger partial charge in [0.1, 0.15) is 5.00 Å². The van der Waals surface area contributed by atoms with E-state index < -0.39 is 0 Å². The number of hydrogen-bond donors (Lipinski definition) is 1. The van der Waals surface area contributed by atoms with Crippen molar-refractivity contribution < 1.29 is 9.53 Å². The Kier molecular flexibility index (Phi) is 7.23. The van der Waals surface area contributed by atoms with Crippen molar-refractivity contribution in [2.45, 2.75) is 71.1 Å². The molecule has 0 radical (unpaired) electrons. The number of carbonyl (C=O) groups excluding carboxylic acids is 1. The molecular formula is C18H29NO2S. The van der Waals surface area contributed by atoms with Crippen molar-refractivity contribution in [1.29, 1.82) is 0 Å². The zero-order valence-electron chi connectivity index (χ0n) is 14.0. The van der Waals surface area contributed by atoms with Crippen molar-refractivity contribution >= 4 is 22.3 Å². The molecule has 0 bridgehead atoms. The van der Waals surface area contributed by atoms with Crippen LogP contribution in [0.3, 0.4) is 0 Å². The molecule has 0 fully saturated rings. The smallest absolute Gasteiger partial charge is 0.341 e. The van der Waals surface area contributed by atoms with Gasteiger partial charge in [0, 0.05) is 11.4 Å². The van der Waals surface area contributed by atoms with Crippen molar-refractivity contribution in [3.63, 3.8) is 0 Å². The van der Waals surface area contributed by atoms with Gasteiger partial charge in [-0.3, -0.25) is 0 Å². The van der Waals surface area contributed by atoms with E-state index in [-0.39, 0.29) is 5.97 Å². The van der Waals surface area contributed by atoms with Gasteiger partial charge in [-0.25, -0.2) is 4.79 Å². The summed E-state index contributed by atoms with van der Waals surface area (Å²) >= 11 is 1.77. The summed E-state index contributed by atoms with van der Waals surface area (Å²) in [5.41, 5.74) is 2.06. The molecule has 3 nitrogen and oxygen atoms in total. The van der Waals surface area contributed by atoms with E-state index in [1.165, 1.54) is 68.9 Å². The molecule has 0 amide bonds. The highest BCUT2D eigenvalue weighted by Gasteiger charge is 2.25. The van der Waals surface area contributed by atoms with Gasteiger partial charge < -0.3 is 10.1 Å². The van der Waals surface area contributed by atoms with Gasteiger partial charge in [0.2, 0.25) is 0 Å². The lowest BCUT2D eigenvalue weighted by molar-refractivity contribution is 0.0601. The molecule has 1 N–H and O–H groups in total. The first-order valence-corrected chi connectivity index (χ1v) is 9.56. The van der Waals surface area contributed by atoms with Crippen LogP contribution in [0.15, 0.2) is 0 Å². The predicted octanol–water partition coefficient (Wildman–Crippen LogP) is 5.19. The average Bonchev–Trinajstić information content (AvgIpc) is 2.91. The number of hydrogen-bond acceptors (Lipinski definition) is 4. The molecule has 0 spiro atoms. The number of thiophene rings is 1. The van der Waals surface area contributed by atoms with Crippen LogP contribution < -0.4 is 5.32 Å². The molecule has 124 valence electrons. The van der Waals surface area contributed by atoms with Gasteiger partial charge >= 0.3 is 5.97 Å². The third-order valence-electron chi connectivity index (χ3n) is 4.38. The minimum absolute atomic E-state index is 0.176. The number of ether oxygens (including phenoxy) is 1. The maximum absolute atomic E-state index is 12.1. The zero-order chi connectivity index (χ0) is 15.8. The standard InChI is InChI=1S/C18H29NO2S/c1-3-4-5-6-7-10-13-19-17-16(18(20)21-2)14-11-8-9-12-15(14)22-17/h19H,3-13H2,1-2H3. The normalized spacial score (nSPS) is 13.7. The zero-order valence-corrected chi connectivity index (χ0v) is 14.8. The number of carbonyl (C=O) groups is 1. The first-order valence-electron chi connectivity index (χ1n) is 8.74. The van der Waals surface area contributed by atoms with E-state index in [1.807, 2.05) is 0 Å². The second kappa shape index (κ2) is 9.19. The van der Waals surface area contributed by atoms with Crippen molar-refractivity contribution in [2.24, 2.45) is 0 Å². The lowest BCUT2D eigenvalue weighted by Gasteiger charge is -2.12. The molecule has 1 aliphatic carbocycles. The van der Waals surface area contributed by atoms with Gasteiger partial charge in [0.15, 0.2) is 0 Å². The van der Waals surface area contributed by atoms with E-state index in [9.17, 15) is 4.79 Å². The second-order valence-electron chi connectivity index (χ2n) is 6.10. The Bertz CT molecular complexity index is 482. The molecule has 0 aliphatic heterocycles. The van der Waals surface area contributed by atoms with Crippen LogP contribution in [-0.2, 0) is 17.6 Å². The number of anilines is 1. The Labute approximate surface area is 138 Å². The summed E-state index contributed by atoms with van der Waals surface area (Å²) in [5.74, 6) is -0.176. The Morgan fingerprint density at radius 2 is 1.86 bits per heavy atom. The molecule has 4 heteroatoms. The highest BCUT2D eigenvalue weighted by molar-refractivity contribution is 7.16. The van der Waals surface area contributed by atoms with Crippen LogP contribution in [0.25, 0.3) is 0 Å². The number of esters is 1. The minimum Gasteiger partial charge on any atom is -0.465 e. The largest absolute Gasteiger partial charge is 0.465 e. The number of nitrogens with one attached hydrogen (secondary N) is 1. The number of fused-ring (bicyclic) bond motifs is 1. The van der Waals surface area contributed by atoms with Gasteiger partial charge in [0.05, 0.1) is 12.7 Å². The highest BCUT2D eigenvalue weighted by atomic mass is 32.1. The summed E-state index contributed by atoms with van der Waals surface area (Å²) in [6.45, 7) is 3.20. The first-order chi connectivity index (χ1) is 10.8. The molecule has 0 unspecified atom stereocenters. The molecule has 1 aromatic heterocycles. The van der Waals surface area contributed by atoms with Crippen molar-refractivity contribution in [2.75, 3.05) is 19.0 Å². The number of methoxy groups -OCH3 is 1. The summed E-state index contributed by atoms with van der Waals surface area (Å²) in [7, 11) is 1.48. The fourth-order valence-electron chi connectivity index (χ4n) is 3.12. The van der Waals surface area contributed by atoms with E-state index in [1.54, 1.807) is 11.3 Å². The lowest BCUT2D eigenvalue weighted by atomic mass is 9.95. The van der Waals surface area contributed by atoms with Crippen LogP contribution >= 0.6 is 11.3 Å². The Morgan fingerprint density at radius 3 is 2.64 bits per heavy atom. The second-order valence-corrected chi connectivity index (χ2v) is 7.21. The number of aryl methyl sites for hydroxylation is 1. The summed E-state index contributed by atoms with van der Waals surface area (Å²) in [6, 6.07) is 0. The molecule has 0 aromatic carbocycles. The maximum Gasteiger partial charge on any atom is 0.341 e. The molecule has 1 aliphatic rings. The average molecular weight is 324 g/mol. The van der Waals surface area contributed by atoms with E-state index >= 15 is 0 Å². The molecule has 2 rings (SSSR count). The van der Waals surface area contributed by atoms with E-state index in [0.717, 1.165) is 30.0 Å². The fraction of sp³-hybridized carbons (Fsp3) is 0.722. The van der Waals surface area contributed by atoms with Gasteiger partial charge in [-0.1, -0.05) is 39.0 Å². The summed E-state index contributed by atoms with van der Waals surface area (Å²) in [5, 5.41) is 4.53. The Hall–Kier alpha value is -1.03. The number of rotatable bonds is 9. The van der Waals surface area contributed by atoms with Crippen LogP contribution in [0.1, 0.15) is 79.1 Å². The summed E-state index contributed by atoms with van der Waals surface area (Å²) in [6.07, 6.45) is 12.3. The van der Waals surface area contributed by atoms with Crippen LogP contribution in [0.4, 0.5) is 5.00 Å². The van der Waals surface area contributed by atoms with Crippen molar-refractivity contribution in [3.8, 4) is 0 Å². The predicted molar refractivity (Wildman–Crippen MR) is 94.2 cm³/mol. The summed E-state index contributed by atoms with van der Waals surface area (Å²) < 4.78 is 5.00. The fourth-order valence-corrected chi connectivity index (χ4v) is 4.42. The third kappa shape index (κ3) is 4.48. The molecular weight excluding hydrogens is 294 g/mol. The van der Waals surface area contributed by atoms with E-state index in [0.29, 0.717) is 0 Å². The SMILES string of the molecule is CCCCCCCCNc1sc2c(c1C(=O)OC)CCCC2. The third-order valence-corrected chi connectivity index (χ3v) is 5.63. The van der Waals surface area contributed by atoms with Gasteiger partial charge in [0.25, 0.3) is 0 Å². The van der Waals surface area contributed by atoms with Crippen molar-refractivity contribution in [3.05, 3.63) is 16.0 Å². The topological polar surface area (TPSA) is 38.3 Å². The summed E-state index contributed by atoms with van der Waals surface area (Å²) in [4.78, 5) is 13.5. The van der Waals surface area contributed by atoms with Gasteiger partial charge in [-0.15, -0.1) is 11.3 Å². The molecule has 1 aromatic rings. The van der Waals surface area contributed by atoms with Crippen LogP contribution in [0.5, 0.6) is 0 Å². The van der Waals surface area contributed by atoms with Crippen LogP contribution in [-0.4, -0.2) is 19.6 Å². The van der Waals surface area contributed by atoms with E-state index in [2.05, 4.69) is 12.2 Å². The quantitative estimate of drug-likeness (QED) is 0.502.